The molecular formula is C18H22N4O3. The Morgan fingerprint density at radius 1 is 1.36 bits per heavy atom. The summed E-state index contributed by atoms with van der Waals surface area (Å²) in [7, 11) is 0. The van der Waals surface area contributed by atoms with Gasteiger partial charge in [-0.1, -0.05) is 42.4 Å². The van der Waals surface area contributed by atoms with E-state index in [0.717, 1.165) is 6.42 Å². The first-order valence-corrected chi connectivity index (χ1v) is 8.60. The van der Waals surface area contributed by atoms with Crippen LogP contribution in [0.3, 0.4) is 0 Å². The molecule has 132 valence electrons. The number of hydrogen-bond acceptors (Lipinski definition) is 5. The van der Waals surface area contributed by atoms with Gasteiger partial charge in [-0.25, -0.2) is 0 Å². The smallest absolute Gasteiger partial charge is 0.249 e. The highest BCUT2D eigenvalue weighted by Crippen LogP contribution is 2.31. The first kappa shape index (κ1) is 17.1. The Balaban J connectivity index is 1.63. The quantitative estimate of drug-likeness (QED) is 0.831. The van der Waals surface area contributed by atoms with Gasteiger partial charge in [0, 0.05) is 19.4 Å². The maximum absolute atomic E-state index is 12.2. The summed E-state index contributed by atoms with van der Waals surface area (Å²) >= 11 is 0. The van der Waals surface area contributed by atoms with Gasteiger partial charge in [-0.15, -0.1) is 0 Å². The second-order valence-electron chi connectivity index (χ2n) is 6.06. The summed E-state index contributed by atoms with van der Waals surface area (Å²) < 4.78 is 5.34. The number of nitrogens with one attached hydrogen (secondary N) is 1. The van der Waals surface area contributed by atoms with Crippen molar-refractivity contribution in [2.45, 2.75) is 45.2 Å². The summed E-state index contributed by atoms with van der Waals surface area (Å²) in [6, 6.07) is 9.89. The van der Waals surface area contributed by atoms with Crippen LogP contribution in [0.25, 0.3) is 0 Å². The number of nitrogens with zero attached hydrogens (tertiary/aromatic N) is 3. The molecule has 1 aliphatic heterocycles. The molecule has 1 aromatic heterocycles. The van der Waals surface area contributed by atoms with E-state index in [-0.39, 0.29) is 24.4 Å². The Morgan fingerprint density at radius 3 is 2.92 bits per heavy atom. The zero-order chi connectivity index (χ0) is 17.6. The van der Waals surface area contributed by atoms with Gasteiger partial charge in [0.2, 0.25) is 17.7 Å². The molecule has 1 N–H and O–H groups in total. The summed E-state index contributed by atoms with van der Waals surface area (Å²) in [6.45, 7) is 2.64. The number of amides is 2. The van der Waals surface area contributed by atoms with Crippen LogP contribution in [0.1, 0.15) is 49.5 Å². The summed E-state index contributed by atoms with van der Waals surface area (Å²) in [5.74, 6) is 0.922. The molecule has 7 heteroatoms. The molecule has 25 heavy (non-hydrogen) atoms. The summed E-state index contributed by atoms with van der Waals surface area (Å²) in [4.78, 5) is 29.7. The molecule has 1 aromatic carbocycles. The number of benzene rings is 1. The molecule has 2 heterocycles. The minimum Gasteiger partial charge on any atom is -0.349 e. The summed E-state index contributed by atoms with van der Waals surface area (Å²) in [5, 5.41) is 6.62. The van der Waals surface area contributed by atoms with E-state index in [1.165, 1.54) is 5.56 Å². The van der Waals surface area contributed by atoms with Crippen LogP contribution in [0.15, 0.2) is 34.9 Å². The molecule has 1 saturated heterocycles. The zero-order valence-corrected chi connectivity index (χ0v) is 14.3. The lowest BCUT2D eigenvalue weighted by atomic mass is 10.1. The van der Waals surface area contributed by atoms with Gasteiger partial charge in [0.25, 0.3) is 0 Å². The number of carbonyl (C=O) groups is 2. The van der Waals surface area contributed by atoms with E-state index in [4.69, 9.17) is 4.52 Å². The molecule has 0 radical (unpaired) electrons. The number of aromatic nitrogens is 2. The number of hydrogen-bond donors (Lipinski definition) is 1. The third-order valence-corrected chi connectivity index (χ3v) is 4.35. The topological polar surface area (TPSA) is 88.3 Å². The number of carbonyl (C=O) groups excluding carboxylic acids is 2. The van der Waals surface area contributed by atoms with Gasteiger partial charge in [-0.05, 0) is 18.4 Å². The van der Waals surface area contributed by atoms with Crippen LogP contribution in [0, 0.1) is 0 Å². The minimum absolute atomic E-state index is 0.0631. The van der Waals surface area contributed by atoms with Crippen LogP contribution in [-0.4, -0.2) is 33.4 Å². The Kier molecular flexibility index (Phi) is 5.42. The fourth-order valence-electron chi connectivity index (χ4n) is 2.94. The molecular weight excluding hydrogens is 320 g/mol. The van der Waals surface area contributed by atoms with Crippen LogP contribution in [0.2, 0.25) is 0 Å². The van der Waals surface area contributed by atoms with E-state index in [0.29, 0.717) is 37.5 Å². The number of rotatable bonds is 7. The highest BCUT2D eigenvalue weighted by molar-refractivity contribution is 5.78. The second-order valence-corrected chi connectivity index (χ2v) is 6.06. The molecule has 1 fully saturated rings. The molecule has 0 bridgehead atoms. The fourth-order valence-corrected chi connectivity index (χ4v) is 2.94. The lowest BCUT2D eigenvalue weighted by Crippen LogP contribution is -2.30. The van der Waals surface area contributed by atoms with Gasteiger partial charge < -0.3 is 14.7 Å². The van der Waals surface area contributed by atoms with Gasteiger partial charge in [0.1, 0.15) is 6.04 Å². The van der Waals surface area contributed by atoms with Crippen LogP contribution in [-0.2, 0) is 22.6 Å². The van der Waals surface area contributed by atoms with E-state index in [1.54, 1.807) is 6.92 Å². The van der Waals surface area contributed by atoms with Crippen molar-refractivity contribution in [2.24, 2.45) is 0 Å². The van der Waals surface area contributed by atoms with Gasteiger partial charge in [-0.3, -0.25) is 9.59 Å². The molecule has 7 nitrogen and oxygen atoms in total. The highest BCUT2D eigenvalue weighted by Gasteiger charge is 2.35. The van der Waals surface area contributed by atoms with Crippen molar-refractivity contribution in [1.82, 2.24) is 20.4 Å². The molecule has 3 rings (SSSR count). The fraction of sp³-hybridized carbons (Fsp3) is 0.444. The lowest BCUT2D eigenvalue weighted by molar-refractivity contribution is -0.129. The third kappa shape index (κ3) is 4.23. The Hall–Kier alpha value is -2.70. The standard InChI is InChI=1S/C18H22N4O3/c1-2-16(23)19-12-15-20-18(25-21-15)14-8-9-17(24)22(14)11-10-13-6-4-3-5-7-13/h3-7,14H,2,8-12H2,1H3,(H,19,23)/t14-/m0/s1. The molecule has 0 spiro atoms. The van der Waals surface area contributed by atoms with Crippen molar-refractivity contribution in [3.63, 3.8) is 0 Å². The highest BCUT2D eigenvalue weighted by atomic mass is 16.5. The first-order chi connectivity index (χ1) is 12.2. The van der Waals surface area contributed by atoms with Gasteiger partial charge in [0.15, 0.2) is 5.82 Å². The maximum atomic E-state index is 12.2. The van der Waals surface area contributed by atoms with Crippen LogP contribution in [0.5, 0.6) is 0 Å². The van der Waals surface area contributed by atoms with Crippen molar-refractivity contribution < 1.29 is 14.1 Å². The van der Waals surface area contributed by atoms with E-state index >= 15 is 0 Å². The predicted molar refractivity (Wildman–Crippen MR) is 90.3 cm³/mol. The van der Waals surface area contributed by atoms with Crippen molar-refractivity contribution in [3.8, 4) is 0 Å². The zero-order valence-electron chi connectivity index (χ0n) is 14.3. The van der Waals surface area contributed by atoms with Crippen molar-refractivity contribution in [1.29, 1.82) is 0 Å². The molecule has 1 aliphatic rings. The van der Waals surface area contributed by atoms with Crippen LogP contribution in [0.4, 0.5) is 0 Å². The van der Waals surface area contributed by atoms with Crippen LogP contribution < -0.4 is 5.32 Å². The number of likely N-dealkylation sites (tertiary alicyclic amines) is 1. The van der Waals surface area contributed by atoms with Gasteiger partial charge in [0.05, 0.1) is 6.54 Å². The van der Waals surface area contributed by atoms with Crippen molar-refractivity contribution in [2.75, 3.05) is 6.54 Å². The Bertz CT molecular complexity index is 729. The Labute approximate surface area is 146 Å². The first-order valence-electron chi connectivity index (χ1n) is 8.60. The van der Waals surface area contributed by atoms with Crippen molar-refractivity contribution >= 4 is 11.8 Å². The summed E-state index contributed by atoms with van der Waals surface area (Å²) in [6.07, 6.45) is 2.37. The molecule has 0 saturated carbocycles. The minimum atomic E-state index is -0.181. The predicted octanol–water partition coefficient (Wildman–Crippen LogP) is 2.00. The molecule has 1 atom stereocenters. The van der Waals surface area contributed by atoms with Crippen molar-refractivity contribution in [3.05, 3.63) is 47.6 Å². The van der Waals surface area contributed by atoms with Gasteiger partial charge >= 0.3 is 0 Å². The second kappa shape index (κ2) is 7.92. The SMILES string of the molecule is CCC(=O)NCc1noc([C@@H]2CCC(=O)N2CCc2ccccc2)n1. The Morgan fingerprint density at radius 2 is 2.16 bits per heavy atom. The normalized spacial score (nSPS) is 17.1. The van der Waals surface area contributed by atoms with E-state index in [9.17, 15) is 9.59 Å². The molecule has 2 amide bonds. The average Bonchev–Trinajstić information content (AvgIpc) is 3.25. The molecule has 0 aliphatic carbocycles. The average molecular weight is 342 g/mol. The van der Waals surface area contributed by atoms with E-state index in [2.05, 4.69) is 27.6 Å². The largest absolute Gasteiger partial charge is 0.349 e. The maximum Gasteiger partial charge on any atom is 0.249 e. The van der Waals surface area contributed by atoms with Crippen LogP contribution >= 0.6 is 0 Å². The molecule has 0 unspecified atom stereocenters. The monoisotopic (exact) mass is 342 g/mol. The third-order valence-electron chi connectivity index (χ3n) is 4.35. The van der Waals surface area contributed by atoms with E-state index in [1.807, 2.05) is 23.1 Å². The van der Waals surface area contributed by atoms with Gasteiger partial charge in [-0.2, -0.15) is 4.98 Å². The van der Waals surface area contributed by atoms with E-state index < -0.39 is 0 Å². The summed E-state index contributed by atoms with van der Waals surface area (Å²) in [5.41, 5.74) is 1.19. The molecule has 2 aromatic rings. The lowest BCUT2D eigenvalue weighted by Gasteiger charge is -2.21.